The number of nitrogens with one attached hydrogen (secondary N) is 1. The first-order chi connectivity index (χ1) is 14.1. The Bertz CT molecular complexity index is 821. The summed E-state index contributed by atoms with van der Waals surface area (Å²) in [6, 6.07) is 3.27. The van der Waals surface area contributed by atoms with Gasteiger partial charge in [-0.3, -0.25) is 15.0 Å². The van der Waals surface area contributed by atoms with Crippen molar-refractivity contribution in [1.82, 2.24) is 9.88 Å². The molecule has 1 aliphatic rings. The van der Waals surface area contributed by atoms with Gasteiger partial charge in [0.25, 0.3) is 5.91 Å². The number of halogens is 1. The molecule has 158 valence electrons. The van der Waals surface area contributed by atoms with Crippen LogP contribution in [0, 0.1) is 0 Å². The third-order valence-corrected chi connectivity index (χ3v) is 5.72. The number of anilines is 1. The van der Waals surface area contributed by atoms with E-state index in [1.807, 2.05) is 19.2 Å². The number of rotatable bonds is 9. The van der Waals surface area contributed by atoms with Gasteiger partial charge in [-0.25, -0.2) is 4.98 Å². The van der Waals surface area contributed by atoms with Gasteiger partial charge in [0.1, 0.15) is 0 Å². The number of aromatic nitrogens is 1. The number of hydrogen-bond acceptors (Lipinski definition) is 6. The van der Waals surface area contributed by atoms with Crippen molar-refractivity contribution in [2.45, 2.75) is 46.1 Å². The molecule has 0 radical (unpaired) electrons. The fourth-order valence-electron chi connectivity index (χ4n) is 3.26. The highest BCUT2D eigenvalue weighted by molar-refractivity contribution is 7.14. The minimum Gasteiger partial charge on any atom is -0.490 e. The smallest absolute Gasteiger partial charge is 0.257 e. The molecule has 1 N–H and O–H groups in total. The van der Waals surface area contributed by atoms with Gasteiger partial charge < -0.3 is 9.47 Å². The maximum Gasteiger partial charge on any atom is 0.257 e. The van der Waals surface area contributed by atoms with Crippen LogP contribution < -0.4 is 14.8 Å². The highest BCUT2D eigenvalue weighted by Gasteiger charge is 2.18. The Labute approximate surface area is 181 Å². The van der Waals surface area contributed by atoms with Crippen LogP contribution in [0.15, 0.2) is 17.5 Å². The van der Waals surface area contributed by atoms with Crippen molar-refractivity contribution < 1.29 is 14.3 Å². The van der Waals surface area contributed by atoms with E-state index in [2.05, 4.69) is 15.2 Å². The number of carbonyl (C=O) groups excluding carboxylic acids is 1. The zero-order valence-corrected chi connectivity index (χ0v) is 18.6. The van der Waals surface area contributed by atoms with E-state index >= 15 is 0 Å². The molecule has 2 heterocycles. The lowest BCUT2D eigenvalue weighted by Crippen LogP contribution is -2.29. The Morgan fingerprint density at radius 1 is 1.24 bits per heavy atom. The van der Waals surface area contributed by atoms with E-state index in [-0.39, 0.29) is 5.91 Å². The molecule has 0 unspecified atom stereocenters. The molecular formula is C21H28ClN3O3S. The van der Waals surface area contributed by atoms with E-state index in [1.54, 1.807) is 12.1 Å². The minimum absolute atomic E-state index is 0.270. The molecule has 1 aromatic carbocycles. The lowest BCUT2D eigenvalue weighted by Gasteiger charge is -2.25. The summed E-state index contributed by atoms with van der Waals surface area (Å²) in [5, 5.41) is 5.82. The standard InChI is InChI=1S/C21H28ClN3O3S/c1-3-10-28-19-17(22)11-15(12-18(19)27-4-2)20(26)24-21-23-16(14-29-21)13-25-8-6-5-7-9-25/h11-12,14H,3-10,13H2,1-2H3,(H,23,24,26). The van der Waals surface area contributed by atoms with E-state index < -0.39 is 0 Å². The molecule has 0 bridgehead atoms. The normalized spacial score (nSPS) is 14.6. The maximum atomic E-state index is 12.7. The van der Waals surface area contributed by atoms with Gasteiger partial charge in [-0.05, 0) is 51.4 Å². The van der Waals surface area contributed by atoms with Crippen molar-refractivity contribution in [2.24, 2.45) is 0 Å². The summed E-state index contributed by atoms with van der Waals surface area (Å²) in [5.41, 5.74) is 1.40. The Morgan fingerprint density at radius 3 is 2.76 bits per heavy atom. The molecule has 1 saturated heterocycles. The van der Waals surface area contributed by atoms with Crippen molar-refractivity contribution in [2.75, 3.05) is 31.6 Å². The number of benzene rings is 1. The first kappa shape index (κ1) is 21.9. The third-order valence-electron chi connectivity index (χ3n) is 4.63. The second-order valence-electron chi connectivity index (χ2n) is 7.00. The van der Waals surface area contributed by atoms with Gasteiger partial charge in [0.05, 0.1) is 23.9 Å². The van der Waals surface area contributed by atoms with Crippen LogP contribution in [0.3, 0.4) is 0 Å². The summed E-state index contributed by atoms with van der Waals surface area (Å²) in [7, 11) is 0. The zero-order valence-electron chi connectivity index (χ0n) is 17.0. The molecule has 6 nitrogen and oxygen atoms in total. The van der Waals surface area contributed by atoms with E-state index in [1.165, 1.54) is 30.6 Å². The van der Waals surface area contributed by atoms with Crippen LogP contribution in [0.2, 0.25) is 5.02 Å². The van der Waals surface area contributed by atoms with Crippen LogP contribution in [-0.4, -0.2) is 42.1 Å². The molecule has 1 amide bonds. The SMILES string of the molecule is CCCOc1c(Cl)cc(C(=O)Nc2nc(CN3CCCCC3)cs2)cc1OCC. The molecule has 1 aromatic heterocycles. The molecule has 0 atom stereocenters. The number of carbonyl (C=O) groups is 1. The summed E-state index contributed by atoms with van der Waals surface area (Å²) < 4.78 is 11.3. The molecule has 0 saturated carbocycles. The van der Waals surface area contributed by atoms with Crippen LogP contribution in [0.4, 0.5) is 5.13 Å². The third kappa shape index (κ3) is 6.07. The average Bonchev–Trinajstić information content (AvgIpc) is 3.15. The zero-order chi connectivity index (χ0) is 20.6. The first-order valence-electron chi connectivity index (χ1n) is 10.2. The Hall–Kier alpha value is -1.83. The second-order valence-corrected chi connectivity index (χ2v) is 8.27. The highest BCUT2D eigenvalue weighted by Crippen LogP contribution is 2.37. The van der Waals surface area contributed by atoms with Crippen molar-refractivity contribution in [3.63, 3.8) is 0 Å². The fraction of sp³-hybridized carbons (Fsp3) is 0.524. The van der Waals surface area contributed by atoms with Crippen molar-refractivity contribution in [3.05, 3.63) is 33.8 Å². The van der Waals surface area contributed by atoms with E-state index in [4.69, 9.17) is 21.1 Å². The molecule has 1 fully saturated rings. The number of amides is 1. The number of likely N-dealkylation sites (tertiary alicyclic amines) is 1. The van der Waals surface area contributed by atoms with Gasteiger partial charge in [0.15, 0.2) is 16.6 Å². The summed E-state index contributed by atoms with van der Waals surface area (Å²) in [6.07, 6.45) is 4.65. The van der Waals surface area contributed by atoms with Gasteiger partial charge in [0, 0.05) is 17.5 Å². The minimum atomic E-state index is -0.270. The average molecular weight is 438 g/mol. The van der Waals surface area contributed by atoms with E-state index in [9.17, 15) is 4.79 Å². The van der Waals surface area contributed by atoms with Gasteiger partial charge in [-0.15, -0.1) is 11.3 Å². The van der Waals surface area contributed by atoms with Gasteiger partial charge in [0.2, 0.25) is 0 Å². The predicted octanol–water partition coefficient (Wildman–Crippen LogP) is 5.22. The summed E-state index contributed by atoms with van der Waals surface area (Å²) in [6.45, 7) is 7.94. The molecule has 0 aliphatic carbocycles. The van der Waals surface area contributed by atoms with Gasteiger partial charge in [-0.2, -0.15) is 0 Å². The van der Waals surface area contributed by atoms with Crippen molar-refractivity contribution in [1.29, 1.82) is 0 Å². The Balaban J connectivity index is 1.68. The molecule has 3 rings (SSSR count). The van der Waals surface area contributed by atoms with Crippen molar-refractivity contribution in [3.8, 4) is 11.5 Å². The van der Waals surface area contributed by atoms with Crippen LogP contribution in [-0.2, 0) is 6.54 Å². The summed E-state index contributed by atoms with van der Waals surface area (Å²) in [5.74, 6) is 0.683. The quantitative estimate of drug-likeness (QED) is 0.582. The van der Waals surface area contributed by atoms with Crippen molar-refractivity contribution >= 4 is 34.0 Å². The molecule has 1 aliphatic heterocycles. The summed E-state index contributed by atoms with van der Waals surface area (Å²) >= 11 is 7.80. The highest BCUT2D eigenvalue weighted by atomic mass is 35.5. The topological polar surface area (TPSA) is 63.7 Å². The lowest BCUT2D eigenvalue weighted by atomic mass is 10.1. The largest absolute Gasteiger partial charge is 0.490 e. The number of nitrogens with zero attached hydrogens (tertiary/aromatic N) is 2. The molecular weight excluding hydrogens is 410 g/mol. The molecule has 8 heteroatoms. The first-order valence-corrected chi connectivity index (χ1v) is 11.4. The number of ether oxygens (including phenoxy) is 2. The number of thiazole rings is 1. The molecule has 29 heavy (non-hydrogen) atoms. The maximum absolute atomic E-state index is 12.7. The number of piperidine rings is 1. The Kier molecular flexibility index (Phi) is 8.15. The van der Waals surface area contributed by atoms with Gasteiger partial charge in [-0.1, -0.05) is 24.9 Å². The Morgan fingerprint density at radius 2 is 2.03 bits per heavy atom. The van der Waals surface area contributed by atoms with Crippen LogP contribution in [0.5, 0.6) is 11.5 Å². The van der Waals surface area contributed by atoms with Gasteiger partial charge >= 0.3 is 0 Å². The fourth-order valence-corrected chi connectivity index (χ4v) is 4.22. The van der Waals surface area contributed by atoms with E-state index in [0.29, 0.717) is 40.4 Å². The molecule has 0 spiro atoms. The lowest BCUT2D eigenvalue weighted by molar-refractivity contribution is 0.102. The molecule has 2 aromatic rings. The second kappa shape index (κ2) is 10.8. The monoisotopic (exact) mass is 437 g/mol. The van der Waals surface area contributed by atoms with Crippen LogP contribution >= 0.6 is 22.9 Å². The van der Waals surface area contributed by atoms with E-state index in [0.717, 1.165) is 31.7 Å². The van der Waals surface area contributed by atoms with Crippen LogP contribution in [0.1, 0.15) is 55.6 Å². The summed E-state index contributed by atoms with van der Waals surface area (Å²) in [4.78, 5) is 19.7. The number of hydrogen-bond donors (Lipinski definition) is 1. The van der Waals surface area contributed by atoms with Crippen LogP contribution in [0.25, 0.3) is 0 Å². The predicted molar refractivity (Wildman–Crippen MR) is 118 cm³/mol.